The van der Waals surface area contributed by atoms with Gasteiger partial charge in [0.05, 0.1) is 0 Å². The Hall–Kier alpha value is -2.14. The molecule has 0 atom stereocenters. The predicted molar refractivity (Wildman–Crippen MR) is 73.1 cm³/mol. The third kappa shape index (κ3) is 2.37. The second-order valence-electron chi connectivity index (χ2n) is 4.71. The molecule has 1 aliphatic rings. The molecule has 5 nitrogen and oxygen atoms in total. The topological polar surface area (TPSA) is 73.1 Å². The summed E-state index contributed by atoms with van der Waals surface area (Å²) in [5, 5.41) is 0. The van der Waals surface area contributed by atoms with Gasteiger partial charge in [0.15, 0.2) is 0 Å². The van der Waals surface area contributed by atoms with Gasteiger partial charge in [0.1, 0.15) is 5.75 Å². The highest BCUT2D eigenvalue weighted by Crippen LogP contribution is 2.29. The SMILES string of the molecule is Cc1cnc(NN)nc1Oc1ccc2c(c1)CCC2. The van der Waals surface area contributed by atoms with E-state index in [2.05, 4.69) is 27.5 Å². The van der Waals surface area contributed by atoms with Gasteiger partial charge in [0.25, 0.3) is 0 Å². The number of nitrogens with one attached hydrogen (secondary N) is 1. The average Bonchev–Trinajstić information content (AvgIpc) is 2.89. The van der Waals surface area contributed by atoms with Gasteiger partial charge in [-0.15, -0.1) is 0 Å². The summed E-state index contributed by atoms with van der Waals surface area (Å²) in [5.74, 6) is 6.99. The van der Waals surface area contributed by atoms with E-state index in [1.165, 1.54) is 24.0 Å². The first kappa shape index (κ1) is 11.9. The van der Waals surface area contributed by atoms with Crippen LogP contribution in [-0.4, -0.2) is 9.97 Å². The normalized spacial score (nSPS) is 13.2. The first-order valence-electron chi connectivity index (χ1n) is 6.36. The number of aromatic nitrogens is 2. The smallest absolute Gasteiger partial charge is 0.240 e. The van der Waals surface area contributed by atoms with Crippen LogP contribution >= 0.6 is 0 Å². The minimum atomic E-state index is 0.349. The minimum Gasteiger partial charge on any atom is -0.439 e. The highest BCUT2D eigenvalue weighted by molar-refractivity contribution is 5.41. The monoisotopic (exact) mass is 256 g/mol. The maximum Gasteiger partial charge on any atom is 0.240 e. The van der Waals surface area contributed by atoms with Gasteiger partial charge in [-0.05, 0) is 49.4 Å². The Morgan fingerprint density at radius 2 is 2.11 bits per heavy atom. The molecule has 0 spiro atoms. The van der Waals surface area contributed by atoms with Crippen molar-refractivity contribution >= 4 is 5.95 Å². The van der Waals surface area contributed by atoms with Crippen molar-refractivity contribution in [3.05, 3.63) is 41.1 Å². The standard InChI is InChI=1S/C14H16N4O/c1-9-8-16-14(18-15)17-13(9)19-12-6-5-10-3-2-4-11(10)7-12/h5-8H,2-4,15H2,1H3,(H,16,17,18). The molecule has 0 saturated heterocycles. The Balaban J connectivity index is 1.88. The molecular weight excluding hydrogens is 240 g/mol. The fourth-order valence-corrected chi connectivity index (χ4v) is 2.32. The van der Waals surface area contributed by atoms with Gasteiger partial charge < -0.3 is 4.74 Å². The zero-order chi connectivity index (χ0) is 13.2. The van der Waals surface area contributed by atoms with Crippen LogP contribution in [0.1, 0.15) is 23.1 Å². The molecule has 0 aliphatic heterocycles. The number of anilines is 1. The summed E-state index contributed by atoms with van der Waals surface area (Å²) in [5.41, 5.74) is 6.10. The van der Waals surface area contributed by atoms with Crippen molar-refractivity contribution in [2.75, 3.05) is 5.43 Å². The molecule has 0 fully saturated rings. The molecule has 0 saturated carbocycles. The number of nitrogen functional groups attached to an aromatic ring is 1. The van der Waals surface area contributed by atoms with Crippen molar-refractivity contribution in [3.63, 3.8) is 0 Å². The molecular formula is C14H16N4O. The summed E-state index contributed by atoms with van der Waals surface area (Å²) in [6.07, 6.45) is 5.21. The van der Waals surface area contributed by atoms with Gasteiger partial charge in [-0.3, -0.25) is 5.43 Å². The second kappa shape index (κ2) is 4.85. The van der Waals surface area contributed by atoms with Gasteiger partial charge in [0.2, 0.25) is 11.8 Å². The molecule has 1 aliphatic carbocycles. The molecule has 0 amide bonds. The zero-order valence-electron chi connectivity index (χ0n) is 10.8. The quantitative estimate of drug-likeness (QED) is 0.651. The van der Waals surface area contributed by atoms with Crippen LogP contribution in [-0.2, 0) is 12.8 Å². The number of rotatable bonds is 3. The summed E-state index contributed by atoms with van der Waals surface area (Å²) < 4.78 is 5.83. The van der Waals surface area contributed by atoms with E-state index in [0.29, 0.717) is 11.8 Å². The van der Waals surface area contributed by atoms with E-state index in [9.17, 15) is 0 Å². The Morgan fingerprint density at radius 3 is 2.95 bits per heavy atom. The van der Waals surface area contributed by atoms with E-state index < -0.39 is 0 Å². The number of hydrazine groups is 1. The molecule has 3 N–H and O–H groups in total. The van der Waals surface area contributed by atoms with Crippen LogP contribution in [0.15, 0.2) is 24.4 Å². The molecule has 2 aromatic rings. The Bertz CT molecular complexity index is 612. The van der Waals surface area contributed by atoms with Crippen molar-refractivity contribution < 1.29 is 4.74 Å². The van der Waals surface area contributed by atoms with Crippen molar-refractivity contribution in [1.29, 1.82) is 0 Å². The van der Waals surface area contributed by atoms with E-state index in [0.717, 1.165) is 17.7 Å². The van der Waals surface area contributed by atoms with Gasteiger partial charge in [-0.1, -0.05) is 6.07 Å². The van der Waals surface area contributed by atoms with Crippen LogP contribution in [0.5, 0.6) is 11.6 Å². The van der Waals surface area contributed by atoms with Gasteiger partial charge in [-0.2, -0.15) is 4.98 Å². The predicted octanol–water partition coefficient (Wildman–Crippen LogP) is 2.35. The molecule has 98 valence electrons. The van der Waals surface area contributed by atoms with Crippen molar-refractivity contribution in [2.24, 2.45) is 5.84 Å². The summed E-state index contributed by atoms with van der Waals surface area (Å²) in [6.45, 7) is 1.91. The van der Waals surface area contributed by atoms with E-state index in [-0.39, 0.29) is 0 Å². The van der Waals surface area contributed by atoms with Crippen LogP contribution in [0.3, 0.4) is 0 Å². The number of aryl methyl sites for hydroxylation is 3. The van der Waals surface area contributed by atoms with E-state index in [1.807, 2.05) is 13.0 Å². The first-order chi connectivity index (χ1) is 9.26. The van der Waals surface area contributed by atoms with Crippen molar-refractivity contribution in [1.82, 2.24) is 9.97 Å². The summed E-state index contributed by atoms with van der Waals surface area (Å²) >= 11 is 0. The lowest BCUT2D eigenvalue weighted by atomic mass is 10.1. The van der Waals surface area contributed by atoms with Crippen molar-refractivity contribution in [2.45, 2.75) is 26.2 Å². The fourth-order valence-electron chi connectivity index (χ4n) is 2.32. The lowest BCUT2D eigenvalue weighted by Crippen LogP contribution is -2.11. The Morgan fingerprint density at radius 1 is 1.26 bits per heavy atom. The maximum atomic E-state index is 5.83. The Kier molecular flexibility index (Phi) is 3.05. The largest absolute Gasteiger partial charge is 0.439 e. The van der Waals surface area contributed by atoms with Crippen LogP contribution in [0.2, 0.25) is 0 Å². The van der Waals surface area contributed by atoms with E-state index >= 15 is 0 Å². The number of hydrogen-bond acceptors (Lipinski definition) is 5. The zero-order valence-corrected chi connectivity index (χ0v) is 10.8. The highest BCUT2D eigenvalue weighted by Gasteiger charge is 2.12. The lowest BCUT2D eigenvalue weighted by Gasteiger charge is -2.09. The van der Waals surface area contributed by atoms with Gasteiger partial charge >= 0.3 is 0 Å². The molecule has 3 rings (SSSR count). The number of fused-ring (bicyclic) bond motifs is 1. The highest BCUT2D eigenvalue weighted by atomic mass is 16.5. The fraction of sp³-hybridized carbons (Fsp3) is 0.286. The first-order valence-corrected chi connectivity index (χ1v) is 6.36. The summed E-state index contributed by atoms with van der Waals surface area (Å²) in [7, 11) is 0. The number of benzene rings is 1. The number of hydrogen-bond donors (Lipinski definition) is 2. The molecule has 1 heterocycles. The third-order valence-corrected chi connectivity index (χ3v) is 3.34. The molecule has 1 aromatic carbocycles. The maximum absolute atomic E-state index is 5.83. The van der Waals surface area contributed by atoms with Gasteiger partial charge in [-0.25, -0.2) is 10.8 Å². The summed E-state index contributed by atoms with van der Waals surface area (Å²) in [6, 6.07) is 6.22. The lowest BCUT2D eigenvalue weighted by molar-refractivity contribution is 0.457. The van der Waals surface area contributed by atoms with E-state index in [1.54, 1.807) is 6.20 Å². The molecule has 0 bridgehead atoms. The molecule has 5 heteroatoms. The number of ether oxygens (including phenoxy) is 1. The minimum absolute atomic E-state index is 0.349. The van der Waals surface area contributed by atoms with Gasteiger partial charge in [0, 0.05) is 11.8 Å². The third-order valence-electron chi connectivity index (χ3n) is 3.34. The molecule has 0 unspecified atom stereocenters. The van der Waals surface area contributed by atoms with Crippen molar-refractivity contribution in [3.8, 4) is 11.6 Å². The van der Waals surface area contributed by atoms with Crippen LogP contribution in [0, 0.1) is 6.92 Å². The Labute approximate surface area is 111 Å². The van der Waals surface area contributed by atoms with Crippen LogP contribution < -0.4 is 16.0 Å². The van der Waals surface area contributed by atoms with Crippen LogP contribution in [0.4, 0.5) is 5.95 Å². The summed E-state index contributed by atoms with van der Waals surface area (Å²) in [4.78, 5) is 8.24. The number of nitrogens with two attached hydrogens (primary N) is 1. The number of nitrogens with zero attached hydrogens (tertiary/aromatic N) is 2. The van der Waals surface area contributed by atoms with E-state index in [4.69, 9.17) is 10.6 Å². The van der Waals surface area contributed by atoms with Crippen LogP contribution in [0.25, 0.3) is 0 Å². The molecule has 19 heavy (non-hydrogen) atoms. The molecule has 1 aromatic heterocycles. The molecule has 0 radical (unpaired) electrons. The second-order valence-corrected chi connectivity index (χ2v) is 4.71. The average molecular weight is 256 g/mol.